The smallest absolute Gasteiger partial charge is 0.0893 e. The average Bonchev–Trinajstić information content (AvgIpc) is 1.61. The molecule has 48 valence electrons. The highest BCUT2D eigenvalue weighted by molar-refractivity contribution is 4.90. The lowest BCUT2D eigenvalue weighted by atomic mass is 10.3. The minimum atomic E-state index is -0.350. The molecule has 3 heteroatoms. The molecule has 5 N–H and O–H groups in total. The first-order valence-electron chi connectivity index (χ1n) is 2.52. The van der Waals surface area contributed by atoms with E-state index in [2.05, 4.69) is 0 Å². The number of rotatable bonds is 2. The van der Waals surface area contributed by atoms with Crippen LogP contribution in [0.4, 0.5) is 0 Å². The van der Waals surface area contributed by atoms with Crippen LogP contribution in [-0.4, -0.2) is 11.2 Å². The van der Waals surface area contributed by atoms with E-state index < -0.39 is 0 Å². The van der Waals surface area contributed by atoms with E-state index in [0.29, 0.717) is 6.42 Å². The summed E-state index contributed by atoms with van der Waals surface area (Å²) in [6.07, 6.45) is 1.77. The van der Waals surface area contributed by atoms with Crippen molar-refractivity contribution in [2.45, 2.75) is 19.4 Å². The summed E-state index contributed by atoms with van der Waals surface area (Å²) >= 11 is 0. The van der Waals surface area contributed by atoms with Crippen LogP contribution in [-0.2, 0) is 0 Å². The summed E-state index contributed by atoms with van der Waals surface area (Å²) in [5.74, 6) is 0.269. The normalized spacial score (nSPS) is 12.8. The van der Waals surface area contributed by atoms with Crippen molar-refractivity contribution in [2.24, 2.45) is 11.5 Å². The highest BCUT2D eigenvalue weighted by Crippen LogP contribution is 1.89. The molecular formula is C5H12N2O. The molecule has 0 aromatic heterocycles. The molecule has 0 aliphatic heterocycles. The van der Waals surface area contributed by atoms with Gasteiger partial charge in [-0.05, 0) is 19.4 Å². The number of aliphatic hydroxyl groups excluding tert-OH is 1. The standard InChI is InChI=1S/C5H12N2O/c1-4(8)2-3-5(6)7/h3-4,8H,2,6-7H2,1H3. The van der Waals surface area contributed by atoms with Gasteiger partial charge in [-0.1, -0.05) is 0 Å². The van der Waals surface area contributed by atoms with Crippen molar-refractivity contribution in [1.29, 1.82) is 0 Å². The van der Waals surface area contributed by atoms with Crippen LogP contribution in [0.25, 0.3) is 0 Å². The number of hydrogen-bond acceptors (Lipinski definition) is 3. The van der Waals surface area contributed by atoms with Crippen molar-refractivity contribution < 1.29 is 5.11 Å². The second-order valence-electron chi connectivity index (χ2n) is 1.79. The zero-order chi connectivity index (χ0) is 6.57. The van der Waals surface area contributed by atoms with Crippen LogP contribution in [0, 0.1) is 0 Å². The predicted molar refractivity (Wildman–Crippen MR) is 32.8 cm³/mol. The molecule has 3 nitrogen and oxygen atoms in total. The Morgan fingerprint density at radius 2 is 2.25 bits per heavy atom. The molecule has 8 heavy (non-hydrogen) atoms. The van der Waals surface area contributed by atoms with Crippen LogP contribution in [0.2, 0.25) is 0 Å². The monoisotopic (exact) mass is 116 g/mol. The third-order valence-electron chi connectivity index (χ3n) is 0.695. The van der Waals surface area contributed by atoms with E-state index in [9.17, 15) is 0 Å². The largest absolute Gasteiger partial charge is 0.393 e. The van der Waals surface area contributed by atoms with Gasteiger partial charge in [0.2, 0.25) is 0 Å². The first-order chi connectivity index (χ1) is 3.63. The van der Waals surface area contributed by atoms with Gasteiger partial charge in [-0.25, -0.2) is 0 Å². The van der Waals surface area contributed by atoms with Gasteiger partial charge in [-0.15, -0.1) is 0 Å². The van der Waals surface area contributed by atoms with Gasteiger partial charge in [0.15, 0.2) is 0 Å². The zero-order valence-electron chi connectivity index (χ0n) is 4.96. The molecule has 0 saturated carbocycles. The number of aliphatic hydroxyl groups is 1. The minimum absolute atomic E-state index is 0.269. The first kappa shape index (κ1) is 7.30. The number of hydrogen-bond donors (Lipinski definition) is 3. The lowest BCUT2D eigenvalue weighted by Gasteiger charge is -1.96. The second-order valence-corrected chi connectivity index (χ2v) is 1.79. The van der Waals surface area contributed by atoms with Crippen molar-refractivity contribution >= 4 is 0 Å². The van der Waals surface area contributed by atoms with E-state index in [4.69, 9.17) is 16.6 Å². The van der Waals surface area contributed by atoms with E-state index >= 15 is 0 Å². The maximum Gasteiger partial charge on any atom is 0.0893 e. The predicted octanol–water partition coefficient (Wildman–Crippen LogP) is -0.484. The molecule has 0 aromatic carbocycles. The molecule has 0 aliphatic rings. The van der Waals surface area contributed by atoms with E-state index in [0.717, 1.165) is 0 Å². The van der Waals surface area contributed by atoms with Gasteiger partial charge >= 0.3 is 0 Å². The summed E-state index contributed by atoms with van der Waals surface area (Å²) < 4.78 is 0. The maximum atomic E-state index is 8.65. The first-order valence-corrected chi connectivity index (χ1v) is 2.52. The third kappa shape index (κ3) is 5.30. The zero-order valence-corrected chi connectivity index (χ0v) is 4.96. The van der Waals surface area contributed by atoms with Crippen LogP contribution in [0.5, 0.6) is 0 Å². The Bertz CT molecular complexity index is 84.4. The molecule has 0 rings (SSSR count). The fourth-order valence-electron chi connectivity index (χ4n) is 0.307. The quantitative estimate of drug-likeness (QED) is 0.456. The summed E-state index contributed by atoms with van der Waals surface area (Å²) in [4.78, 5) is 0. The van der Waals surface area contributed by atoms with E-state index in [1.165, 1.54) is 0 Å². The molecule has 1 atom stereocenters. The molecule has 0 radical (unpaired) electrons. The fourth-order valence-corrected chi connectivity index (χ4v) is 0.307. The fraction of sp³-hybridized carbons (Fsp3) is 0.600. The van der Waals surface area contributed by atoms with Gasteiger partial charge < -0.3 is 16.6 Å². The summed E-state index contributed by atoms with van der Waals surface area (Å²) in [6, 6.07) is 0. The van der Waals surface area contributed by atoms with E-state index in [-0.39, 0.29) is 11.9 Å². The topological polar surface area (TPSA) is 72.3 Å². The van der Waals surface area contributed by atoms with Crippen LogP contribution in [0.3, 0.4) is 0 Å². The summed E-state index contributed by atoms with van der Waals surface area (Å²) in [7, 11) is 0. The van der Waals surface area contributed by atoms with Crippen molar-refractivity contribution in [3.8, 4) is 0 Å². The molecule has 0 fully saturated rings. The summed E-state index contributed by atoms with van der Waals surface area (Å²) in [5.41, 5.74) is 10.1. The van der Waals surface area contributed by atoms with E-state index in [1.807, 2.05) is 0 Å². The van der Waals surface area contributed by atoms with Crippen LogP contribution in [0.15, 0.2) is 11.9 Å². The Morgan fingerprint density at radius 3 is 2.38 bits per heavy atom. The van der Waals surface area contributed by atoms with Gasteiger partial charge in [0.05, 0.1) is 11.9 Å². The Balaban J connectivity index is 3.29. The maximum absolute atomic E-state index is 8.65. The SMILES string of the molecule is CC(O)CC=C(N)N. The summed E-state index contributed by atoms with van der Waals surface area (Å²) in [6.45, 7) is 1.68. The molecule has 0 saturated heterocycles. The van der Waals surface area contributed by atoms with Crippen molar-refractivity contribution in [3.63, 3.8) is 0 Å². The van der Waals surface area contributed by atoms with Crippen LogP contribution in [0.1, 0.15) is 13.3 Å². The van der Waals surface area contributed by atoms with Crippen molar-refractivity contribution in [2.75, 3.05) is 0 Å². The van der Waals surface area contributed by atoms with Gasteiger partial charge in [-0.3, -0.25) is 0 Å². The van der Waals surface area contributed by atoms with Crippen LogP contribution >= 0.6 is 0 Å². The number of nitrogens with two attached hydrogens (primary N) is 2. The molecule has 0 amide bonds. The second kappa shape index (κ2) is 3.32. The van der Waals surface area contributed by atoms with Gasteiger partial charge in [-0.2, -0.15) is 0 Å². The molecule has 0 aromatic rings. The van der Waals surface area contributed by atoms with Gasteiger partial charge in [0.1, 0.15) is 0 Å². The Morgan fingerprint density at radius 1 is 1.75 bits per heavy atom. The van der Waals surface area contributed by atoms with Gasteiger partial charge in [0, 0.05) is 0 Å². The Kier molecular flexibility index (Phi) is 3.03. The molecule has 0 bridgehead atoms. The Labute approximate surface area is 49.0 Å². The van der Waals surface area contributed by atoms with Gasteiger partial charge in [0.25, 0.3) is 0 Å². The lowest BCUT2D eigenvalue weighted by Crippen LogP contribution is -2.09. The highest BCUT2D eigenvalue weighted by atomic mass is 16.3. The lowest BCUT2D eigenvalue weighted by molar-refractivity contribution is 0.198. The molecule has 0 spiro atoms. The molecule has 0 heterocycles. The molecular weight excluding hydrogens is 104 g/mol. The van der Waals surface area contributed by atoms with Crippen molar-refractivity contribution in [1.82, 2.24) is 0 Å². The minimum Gasteiger partial charge on any atom is -0.393 e. The Hall–Kier alpha value is -0.700. The van der Waals surface area contributed by atoms with E-state index in [1.54, 1.807) is 13.0 Å². The highest BCUT2D eigenvalue weighted by Gasteiger charge is 1.88. The van der Waals surface area contributed by atoms with Crippen molar-refractivity contribution in [3.05, 3.63) is 11.9 Å². The molecule has 1 unspecified atom stereocenters. The summed E-state index contributed by atoms with van der Waals surface area (Å²) in [5, 5.41) is 8.65. The third-order valence-corrected chi connectivity index (χ3v) is 0.695. The average molecular weight is 116 g/mol. The molecule has 0 aliphatic carbocycles. The van der Waals surface area contributed by atoms with Crippen LogP contribution < -0.4 is 11.5 Å².